The van der Waals surface area contributed by atoms with Gasteiger partial charge >= 0.3 is 0 Å². The second kappa shape index (κ2) is 8.37. The van der Waals surface area contributed by atoms with E-state index >= 15 is 0 Å². The Kier molecular flexibility index (Phi) is 5.67. The first-order chi connectivity index (χ1) is 14.0. The lowest BCUT2D eigenvalue weighted by Gasteiger charge is -2.08. The number of carbonyl (C=O) groups excluding carboxylic acids is 1. The van der Waals surface area contributed by atoms with E-state index < -0.39 is 0 Å². The summed E-state index contributed by atoms with van der Waals surface area (Å²) in [6.45, 7) is 1.96. The number of fused-ring (bicyclic) bond motifs is 1. The number of thiazole rings is 1. The van der Waals surface area contributed by atoms with Crippen LogP contribution >= 0.6 is 34.5 Å². The first-order valence-corrected chi connectivity index (χ1v) is 10.5. The third kappa shape index (κ3) is 4.51. The van der Waals surface area contributed by atoms with Crippen LogP contribution in [0.2, 0.25) is 10.0 Å². The molecule has 1 aromatic heterocycles. The summed E-state index contributed by atoms with van der Waals surface area (Å²) < 4.78 is 1.16. The number of benzene rings is 3. The van der Waals surface area contributed by atoms with Gasteiger partial charge in [-0.3, -0.25) is 4.79 Å². The van der Waals surface area contributed by atoms with Gasteiger partial charge < -0.3 is 5.32 Å². The van der Waals surface area contributed by atoms with Gasteiger partial charge in [0.1, 0.15) is 5.01 Å². The second-order valence-corrected chi connectivity index (χ2v) is 8.38. The van der Waals surface area contributed by atoms with Crippen LogP contribution in [-0.4, -0.2) is 10.9 Å². The van der Waals surface area contributed by atoms with Crippen LogP contribution in [0.5, 0.6) is 0 Å². The van der Waals surface area contributed by atoms with Crippen LogP contribution in [0.3, 0.4) is 0 Å². The second-order valence-electron chi connectivity index (χ2n) is 6.50. The molecule has 0 aliphatic rings. The number of hydrogen-bond donors (Lipinski definition) is 1. The SMILES string of the molecule is Cc1cc(-c2nc3ccccc3s2)ccc1NC(=O)/C=C/c1ccc(Cl)cc1Cl. The Morgan fingerprint density at radius 3 is 2.66 bits per heavy atom. The zero-order chi connectivity index (χ0) is 20.4. The third-order valence-electron chi connectivity index (χ3n) is 4.40. The molecule has 29 heavy (non-hydrogen) atoms. The number of amides is 1. The van der Waals surface area contributed by atoms with Crippen LogP contribution in [-0.2, 0) is 4.79 Å². The summed E-state index contributed by atoms with van der Waals surface area (Å²) in [5, 5.41) is 4.92. The molecular weight excluding hydrogens is 423 g/mol. The first-order valence-electron chi connectivity index (χ1n) is 8.90. The van der Waals surface area contributed by atoms with Crippen molar-refractivity contribution < 1.29 is 4.79 Å². The lowest BCUT2D eigenvalue weighted by atomic mass is 10.1. The summed E-state index contributed by atoms with van der Waals surface area (Å²) in [6.07, 6.45) is 3.12. The summed E-state index contributed by atoms with van der Waals surface area (Å²) >= 11 is 13.7. The molecule has 3 nitrogen and oxygen atoms in total. The average molecular weight is 439 g/mol. The number of aryl methyl sites for hydroxylation is 1. The summed E-state index contributed by atoms with van der Waals surface area (Å²) in [7, 11) is 0. The van der Waals surface area contributed by atoms with Crippen LogP contribution in [0.15, 0.2) is 66.7 Å². The van der Waals surface area contributed by atoms with Crippen LogP contribution in [0, 0.1) is 6.92 Å². The monoisotopic (exact) mass is 438 g/mol. The summed E-state index contributed by atoms with van der Waals surface area (Å²) in [6, 6.07) is 19.1. The summed E-state index contributed by atoms with van der Waals surface area (Å²) in [5.41, 5.74) is 4.48. The standard InChI is InChI=1S/C23H16Cl2N2OS/c1-14-12-16(23-27-20-4-2-3-5-21(20)29-23)7-10-19(14)26-22(28)11-8-15-6-9-17(24)13-18(15)25/h2-13H,1H3,(H,26,28)/b11-8+. The molecule has 0 atom stereocenters. The van der Waals surface area contributed by atoms with Crippen molar-refractivity contribution in [2.75, 3.05) is 5.32 Å². The third-order valence-corrected chi connectivity index (χ3v) is 6.05. The van der Waals surface area contributed by atoms with E-state index in [0.29, 0.717) is 10.0 Å². The van der Waals surface area contributed by atoms with Gasteiger partial charge in [0.25, 0.3) is 0 Å². The molecule has 1 N–H and O–H groups in total. The lowest BCUT2D eigenvalue weighted by Crippen LogP contribution is -2.08. The van der Waals surface area contributed by atoms with E-state index in [-0.39, 0.29) is 5.91 Å². The minimum absolute atomic E-state index is 0.230. The van der Waals surface area contributed by atoms with Crippen LogP contribution < -0.4 is 5.32 Å². The van der Waals surface area contributed by atoms with Crippen molar-refractivity contribution >= 4 is 62.4 Å². The Morgan fingerprint density at radius 1 is 1.07 bits per heavy atom. The Hall–Kier alpha value is -2.66. The molecule has 0 saturated heterocycles. The van der Waals surface area contributed by atoms with E-state index in [1.54, 1.807) is 35.6 Å². The number of aromatic nitrogens is 1. The van der Waals surface area contributed by atoms with Crippen molar-refractivity contribution in [1.82, 2.24) is 4.98 Å². The Bertz CT molecular complexity index is 1210. The maximum absolute atomic E-state index is 12.3. The van der Waals surface area contributed by atoms with Gasteiger partial charge in [0.2, 0.25) is 5.91 Å². The Morgan fingerprint density at radius 2 is 1.90 bits per heavy atom. The predicted molar refractivity (Wildman–Crippen MR) is 124 cm³/mol. The van der Waals surface area contributed by atoms with Gasteiger partial charge in [0, 0.05) is 27.4 Å². The van der Waals surface area contributed by atoms with Gasteiger partial charge in [-0.25, -0.2) is 4.98 Å². The maximum Gasteiger partial charge on any atom is 0.248 e. The van der Waals surface area contributed by atoms with E-state index in [0.717, 1.165) is 37.6 Å². The topological polar surface area (TPSA) is 42.0 Å². The fourth-order valence-electron chi connectivity index (χ4n) is 2.91. The zero-order valence-corrected chi connectivity index (χ0v) is 17.8. The number of carbonyl (C=O) groups is 1. The molecule has 4 aromatic rings. The van der Waals surface area contributed by atoms with Gasteiger partial charge in [-0.05, 0) is 66.6 Å². The van der Waals surface area contributed by atoms with E-state index in [9.17, 15) is 4.79 Å². The molecule has 0 aliphatic carbocycles. The molecule has 0 unspecified atom stereocenters. The predicted octanol–water partition coefficient (Wildman–Crippen LogP) is 7.23. The van der Waals surface area contributed by atoms with Gasteiger partial charge in [0.15, 0.2) is 0 Å². The highest BCUT2D eigenvalue weighted by Gasteiger charge is 2.09. The normalized spacial score (nSPS) is 11.3. The van der Waals surface area contributed by atoms with E-state index in [1.165, 1.54) is 6.08 Å². The molecule has 4 rings (SSSR count). The molecule has 1 amide bonds. The zero-order valence-electron chi connectivity index (χ0n) is 15.4. The highest BCUT2D eigenvalue weighted by atomic mass is 35.5. The Labute approximate surface area is 182 Å². The molecule has 6 heteroatoms. The molecule has 0 bridgehead atoms. The van der Waals surface area contributed by atoms with E-state index in [4.69, 9.17) is 28.2 Å². The number of para-hydroxylation sites is 1. The van der Waals surface area contributed by atoms with Gasteiger partial charge in [-0.2, -0.15) is 0 Å². The van der Waals surface area contributed by atoms with Crippen LogP contribution in [0.1, 0.15) is 11.1 Å². The quantitative estimate of drug-likeness (QED) is 0.341. The summed E-state index contributed by atoms with van der Waals surface area (Å²) in [5.74, 6) is -0.230. The number of hydrogen-bond acceptors (Lipinski definition) is 3. The molecule has 0 spiro atoms. The fraction of sp³-hybridized carbons (Fsp3) is 0.0435. The fourth-order valence-corrected chi connectivity index (χ4v) is 4.34. The largest absolute Gasteiger partial charge is 0.322 e. The first kappa shape index (κ1) is 19.6. The minimum atomic E-state index is -0.230. The van der Waals surface area contributed by atoms with Crippen molar-refractivity contribution in [3.8, 4) is 10.6 Å². The van der Waals surface area contributed by atoms with Crippen molar-refractivity contribution in [3.63, 3.8) is 0 Å². The molecule has 0 aliphatic heterocycles. The van der Waals surface area contributed by atoms with Crippen LogP contribution in [0.25, 0.3) is 26.9 Å². The van der Waals surface area contributed by atoms with Crippen molar-refractivity contribution in [1.29, 1.82) is 0 Å². The molecule has 0 saturated carbocycles. The molecule has 0 radical (unpaired) electrons. The molecule has 1 heterocycles. The van der Waals surface area contributed by atoms with E-state index in [2.05, 4.69) is 11.4 Å². The maximum atomic E-state index is 12.3. The number of nitrogens with one attached hydrogen (secondary N) is 1. The number of halogens is 2. The summed E-state index contributed by atoms with van der Waals surface area (Å²) in [4.78, 5) is 17.0. The van der Waals surface area contributed by atoms with Crippen molar-refractivity contribution in [2.24, 2.45) is 0 Å². The van der Waals surface area contributed by atoms with Crippen molar-refractivity contribution in [2.45, 2.75) is 6.92 Å². The smallest absolute Gasteiger partial charge is 0.248 e. The molecule has 0 fully saturated rings. The number of rotatable bonds is 4. The Balaban J connectivity index is 1.50. The van der Waals surface area contributed by atoms with Crippen molar-refractivity contribution in [3.05, 3.63) is 87.9 Å². The highest BCUT2D eigenvalue weighted by Crippen LogP contribution is 2.32. The van der Waals surface area contributed by atoms with Gasteiger partial charge in [-0.15, -0.1) is 11.3 Å². The highest BCUT2D eigenvalue weighted by molar-refractivity contribution is 7.21. The number of nitrogens with zero attached hydrogens (tertiary/aromatic N) is 1. The molecule has 144 valence electrons. The van der Waals surface area contributed by atoms with Gasteiger partial charge in [0.05, 0.1) is 10.2 Å². The van der Waals surface area contributed by atoms with Crippen LogP contribution in [0.4, 0.5) is 5.69 Å². The molecular formula is C23H16Cl2N2OS. The minimum Gasteiger partial charge on any atom is -0.322 e. The average Bonchev–Trinajstić information content (AvgIpc) is 3.13. The molecule has 3 aromatic carbocycles. The van der Waals surface area contributed by atoms with Gasteiger partial charge in [-0.1, -0.05) is 41.4 Å². The number of anilines is 1. The van der Waals surface area contributed by atoms with E-state index in [1.807, 2.05) is 43.3 Å². The lowest BCUT2D eigenvalue weighted by molar-refractivity contribution is -0.111.